The number of amides is 1. The standard InChI is InChI=1S/C22H25N3O3/c1-6-28-19-8-7-17(13-20(19)27-5)22(26)23-21-12-16(4)24-25(21)18-10-14(2)9-15(3)11-18/h7-13H,6H2,1-5H3,(H,23,26). The number of carbonyl (C=O) groups excluding carboxylic acids is 1. The Kier molecular flexibility index (Phi) is 5.68. The van der Waals surface area contributed by atoms with Crippen molar-refractivity contribution in [2.75, 3.05) is 19.0 Å². The van der Waals surface area contributed by atoms with Crippen LogP contribution in [0.25, 0.3) is 5.69 Å². The second-order valence-corrected chi connectivity index (χ2v) is 6.68. The quantitative estimate of drug-likeness (QED) is 0.687. The summed E-state index contributed by atoms with van der Waals surface area (Å²) in [6.07, 6.45) is 0. The zero-order valence-corrected chi connectivity index (χ0v) is 16.9. The number of nitrogens with zero attached hydrogens (tertiary/aromatic N) is 2. The molecule has 0 atom stereocenters. The van der Waals surface area contributed by atoms with E-state index < -0.39 is 0 Å². The van der Waals surface area contributed by atoms with Gasteiger partial charge in [-0.25, -0.2) is 4.68 Å². The van der Waals surface area contributed by atoms with Gasteiger partial charge in [-0.2, -0.15) is 5.10 Å². The van der Waals surface area contributed by atoms with Gasteiger partial charge in [0, 0.05) is 11.6 Å². The van der Waals surface area contributed by atoms with Crippen LogP contribution >= 0.6 is 0 Å². The summed E-state index contributed by atoms with van der Waals surface area (Å²) in [5.74, 6) is 1.50. The van der Waals surface area contributed by atoms with Crippen molar-refractivity contribution in [2.45, 2.75) is 27.7 Å². The molecule has 0 aliphatic heterocycles. The van der Waals surface area contributed by atoms with Crippen molar-refractivity contribution in [2.24, 2.45) is 0 Å². The summed E-state index contributed by atoms with van der Waals surface area (Å²) in [6.45, 7) is 8.40. The molecule has 0 bridgehead atoms. The Bertz CT molecular complexity index is 988. The average Bonchev–Trinajstić information content (AvgIpc) is 3.01. The van der Waals surface area contributed by atoms with Gasteiger partial charge in [-0.15, -0.1) is 0 Å². The van der Waals surface area contributed by atoms with Gasteiger partial charge in [0.05, 0.1) is 25.1 Å². The molecular weight excluding hydrogens is 354 g/mol. The Labute approximate surface area is 165 Å². The zero-order chi connectivity index (χ0) is 20.3. The van der Waals surface area contributed by atoms with Crippen molar-refractivity contribution in [3.63, 3.8) is 0 Å². The fourth-order valence-electron chi connectivity index (χ4n) is 3.13. The van der Waals surface area contributed by atoms with Crippen LogP contribution in [0.5, 0.6) is 11.5 Å². The molecule has 1 amide bonds. The van der Waals surface area contributed by atoms with Gasteiger partial charge in [0.2, 0.25) is 0 Å². The van der Waals surface area contributed by atoms with Crippen LogP contribution in [-0.4, -0.2) is 29.4 Å². The van der Waals surface area contributed by atoms with E-state index in [0.717, 1.165) is 22.5 Å². The minimum absolute atomic E-state index is 0.244. The number of anilines is 1. The number of ether oxygens (including phenoxy) is 2. The summed E-state index contributed by atoms with van der Waals surface area (Å²) in [5, 5.41) is 7.49. The average molecular weight is 379 g/mol. The van der Waals surface area contributed by atoms with E-state index in [0.29, 0.717) is 29.5 Å². The van der Waals surface area contributed by atoms with E-state index in [1.807, 2.05) is 45.9 Å². The Morgan fingerprint density at radius 1 is 1.04 bits per heavy atom. The van der Waals surface area contributed by atoms with E-state index in [2.05, 4.69) is 16.5 Å². The number of hydrogen-bond donors (Lipinski definition) is 1. The topological polar surface area (TPSA) is 65.4 Å². The van der Waals surface area contributed by atoms with E-state index >= 15 is 0 Å². The highest BCUT2D eigenvalue weighted by atomic mass is 16.5. The first-order chi connectivity index (χ1) is 13.4. The van der Waals surface area contributed by atoms with Crippen molar-refractivity contribution in [1.82, 2.24) is 9.78 Å². The number of benzene rings is 2. The summed E-state index contributed by atoms with van der Waals surface area (Å²) >= 11 is 0. The lowest BCUT2D eigenvalue weighted by Gasteiger charge is -2.12. The summed E-state index contributed by atoms with van der Waals surface area (Å²) < 4.78 is 12.6. The van der Waals surface area contributed by atoms with Crippen LogP contribution in [0.3, 0.4) is 0 Å². The first-order valence-corrected chi connectivity index (χ1v) is 9.18. The second-order valence-electron chi connectivity index (χ2n) is 6.68. The fourth-order valence-corrected chi connectivity index (χ4v) is 3.13. The Balaban J connectivity index is 1.91. The fraction of sp³-hybridized carbons (Fsp3) is 0.273. The number of rotatable bonds is 6. The highest BCUT2D eigenvalue weighted by Crippen LogP contribution is 2.28. The summed E-state index contributed by atoms with van der Waals surface area (Å²) in [4.78, 5) is 12.8. The molecule has 0 fully saturated rings. The molecule has 1 N–H and O–H groups in total. The molecule has 0 saturated heterocycles. The Hall–Kier alpha value is -3.28. The highest BCUT2D eigenvalue weighted by molar-refractivity contribution is 6.04. The van der Waals surface area contributed by atoms with Gasteiger partial charge >= 0.3 is 0 Å². The normalized spacial score (nSPS) is 10.6. The molecule has 0 radical (unpaired) electrons. The molecule has 0 aliphatic carbocycles. The largest absolute Gasteiger partial charge is 0.493 e. The van der Waals surface area contributed by atoms with Gasteiger partial charge in [0.15, 0.2) is 11.5 Å². The van der Waals surface area contributed by atoms with Gasteiger partial charge < -0.3 is 14.8 Å². The molecular formula is C22H25N3O3. The summed E-state index contributed by atoms with van der Waals surface area (Å²) in [7, 11) is 1.55. The van der Waals surface area contributed by atoms with Gasteiger partial charge in [-0.3, -0.25) is 4.79 Å². The third-order valence-electron chi connectivity index (χ3n) is 4.25. The van der Waals surface area contributed by atoms with Gasteiger partial charge in [-0.1, -0.05) is 6.07 Å². The van der Waals surface area contributed by atoms with Gasteiger partial charge in [0.1, 0.15) is 5.82 Å². The molecule has 28 heavy (non-hydrogen) atoms. The van der Waals surface area contributed by atoms with Crippen LogP contribution in [0.4, 0.5) is 5.82 Å². The molecule has 0 saturated carbocycles. The maximum absolute atomic E-state index is 12.8. The number of hydrogen-bond acceptors (Lipinski definition) is 4. The number of aromatic nitrogens is 2. The van der Waals surface area contributed by atoms with Crippen molar-refractivity contribution < 1.29 is 14.3 Å². The lowest BCUT2D eigenvalue weighted by atomic mass is 10.1. The Morgan fingerprint density at radius 3 is 2.39 bits per heavy atom. The number of nitrogens with one attached hydrogen (secondary N) is 1. The van der Waals surface area contributed by atoms with Crippen molar-refractivity contribution in [3.05, 3.63) is 64.8 Å². The number of aryl methyl sites for hydroxylation is 3. The molecule has 6 nitrogen and oxygen atoms in total. The van der Waals surface area contributed by atoms with Crippen LogP contribution in [0.2, 0.25) is 0 Å². The van der Waals surface area contributed by atoms with Gasteiger partial charge in [-0.05, 0) is 69.2 Å². The first-order valence-electron chi connectivity index (χ1n) is 9.18. The predicted molar refractivity (Wildman–Crippen MR) is 110 cm³/mol. The third kappa shape index (κ3) is 4.17. The molecule has 6 heteroatoms. The molecule has 0 spiro atoms. The molecule has 1 aromatic heterocycles. The molecule has 146 valence electrons. The zero-order valence-electron chi connectivity index (χ0n) is 16.9. The maximum Gasteiger partial charge on any atom is 0.256 e. The monoisotopic (exact) mass is 379 g/mol. The van der Waals surface area contributed by atoms with E-state index in [-0.39, 0.29) is 5.91 Å². The summed E-state index contributed by atoms with van der Waals surface area (Å²) in [5.41, 5.74) is 4.48. The van der Waals surface area contributed by atoms with Crippen molar-refractivity contribution >= 4 is 11.7 Å². The molecule has 0 aliphatic rings. The van der Waals surface area contributed by atoms with E-state index in [1.54, 1.807) is 30.0 Å². The third-order valence-corrected chi connectivity index (χ3v) is 4.25. The molecule has 1 heterocycles. The van der Waals surface area contributed by atoms with E-state index in [1.165, 1.54) is 0 Å². The second kappa shape index (κ2) is 8.17. The molecule has 0 unspecified atom stereocenters. The smallest absolute Gasteiger partial charge is 0.256 e. The maximum atomic E-state index is 12.8. The minimum atomic E-state index is -0.244. The molecule has 3 rings (SSSR count). The lowest BCUT2D eigenvalue weighted by molar-refractivity contribution is 0.102. The van der Waals surface area contributed by atoms with Crippen LogP contribution < -0.4 is 14.8 Å². The number of methoxy groups -OCH3 is 1. The molecule has 2 aromatic carbocycles. The van der Waals surface area contributed by atoms with Crippen molar-refractivity contribution in [1.29, 1.82) is 0 Å². The van der Waals surface area contributed by atoms with Crippen LogP contribution in [0, 0.1) is 20.8 Å². The van der Waals surface area contributed by atoms with Crippen LogP contribution in [0.15, 0.2) is 42.5 Å². The summed E-state index contributed by atoms with van der Waals surface area (Å²) in [6, 6.07) is 13.2. The highest BCUT2D eigenvalue weighted by Gasteiger charge is 2.15. The van der Waals surface area contributed by atoms with Crippen molar-refractivity contribution in [3.8, 4) is 17.2 Å². The van der Waals surface area contributed by atoms with E-state index in [9.17, 15) is 4.79 Å². The Morgan fingerprint density at radius 2 is 1.75 bits per heavy atom. The lowest BCUT2D eigenvalue weighted by Crippen LogP contribution is -2.15. The van der Waals surface area contributed by atoms with Crippen LogP contribution in [-0.2, 0) is 0 Å². The van der Waals surface area contributed by atoms with E-state index in [4.69, 9.17) is 9.47 Å². The SMILES string of the molecule is CCOc1ccc(C(=O)Nc2cc(C)nn2-c2cc(C)cc(C)c2)cc1OC. The molecule has 3 aromatic rings. The van der Waals surface area contributed by atoms with Gasteiger partial charge in [0.25, 0.3) is 5.91 Å². The first kappa shape index (κ1) is 19.5. The predicted octanol–water partition coefficient (Wildman–Crippen LogP) is 4.46. The number of carbonyl (C=O) groups is 1. The van der Waals surface area contributed by atoms with Crippen LogP contribution in [0.1, 0.15) is 34.1 Å². The minimum Gasteiger partial charge on any atom is -0.493 e.